The molecule has 2 aromatic carbocycles. The molecule has 7 rings (SSSR count). The number of cyclic esters (lactones) is 1. The molecule has 11 nitrogen and oxygen atoms in total. The van der Waals surface area contributed by atoms with E-state index in [1.807, 2.05) is 42.5 Å². The lowest BCUT2D eigenvalue weighted by molar-refractivity contribution is -0.149. The van der Waals surface area contributed by atoms with Crippen molar-refractivity contribution in [3.8, 4) is 17.0 Å². The number of carbonyl (C=O) groups excluding carboxylic acids is 4. The summed E-state index contributed by atoms with van der Waals surface area (Å²) < 4.78 is 39.8. The number of amides is 2. The summed E-state index contributed by atoms with van der Waals surface area (Å²) in [5, 5.41) is 0.229. The third kappa shape index (κ3) is 7.49. The molecule has 4 aliphatic rings. The Labute approximate surface area is 304 Å². The third-order valence-corrected chi connectivity index (χ3v) is 12.8. The molecule has 274 valence electrons. The highest BCUT2D eigenvalue weighted by Crippen LogP contribution is 2.57. The lowest BCUT2D eigenvalue weighted by atomic mass is 9.91. The quantitative estimate of drug-likeness (QED) is 0.241. The summed E-state index contributed by atoms with van der Waals surface area (Å²) in [6.45, 7) is 5.81. The number of sulfonamides is 1. The van der Waals surface area contributed by atoms with Crippen LogP contribution in [0.1, 0.15) is 70.3 Å². The highest BCUT2D eigenvalue weighted by molar-refractivity contribution is 7.90. The number of fused-ring (bicyclic) bond motifs is 3. The molecule has 2 aliphatic carbocycles. The van der Waals surface area contributed by atoms with E-state index in [1.54, 1.807) is 13.0 Å². The Kier molecular flexibility index (Phi) is 9.95. The summed E-state index contributed by atoms with van der Waals surface area (Å²) in [6.07, 6.45) is 5.32. The molecular weight excluding hydrogens is 683 g/mol. The van der Waals surface area contributed by atoms with Crippen molar-refractivity contribution < 1.29 is 37.1 Å². The van der Waals surface area contributed by atoms with Gasteiger partial charge in [0.25, 0.3) is 0 Å². The van der Waals surface area contributed by atoms with Crippen LogP contribution >= 0.6 is 0 Å². The first kappa shape index (κ1) is 35.8. The van der Waals surface area contributed by atoms with E-state index in [0.29, 0.717) is 25.0 Å². The van der Waals surface area contributed by atoms with Crippen LogP contribution in [0.2, 0.25) is 0 Å². The number of Topliss-reactive ketones (excluding diaryl/α,β-unsaturated/α-hetero) is 1. The van der Waals surface area contributed by atoms with Crippen molar-refractivity contribution in [2.45, 2.75) is 88.5 Å². The van der Waals surface area contributed by atoms with Gasteiger partial charge in [-0.05, 0) is 68.6 Å². The molecule has 5 atom stereocenters. The highest BCUT2D eigenvalue weighted by atomic mass is 32.2. The zero-order chi connectivity index (χ0) is 36.6. The average molecular weight is 728 g/mol. The van der Waals surface area contributed by atoms with Crippen LogP contribution in [-0.4, -0.2) is 72.4 Å². The van der Waals surface area contributed by atoms with E-state index in [9.17, 15) is 27.6 Å². The van der Waals surface area contributed by atoms with E-state index >= 15 is 0 Å². The molecule has 0 unspecified atom stereocenters. The number of hydrogen-bond donors (Lipinski definition) is 1. The molecule has 2 aliphatic heterocycles. The molecule has 3 fully saturated rings. The second-order valence-electron chi connectivity index (χ2n) is 14.9. The summed E-state index contributed by atoms with van der Waals surface area (Å²) in [5.74, 6) is -2.50. The fourth-order valence-electron chi connectivity index (χ4n) is 7.64. The van der Waals surface area contributed by atoms with Gasteiger partial charge >= 0.3 is 5.97 Å². The van der Waals surface area contributed by atoms with Crippen LogP contribution in [0.3, 0.4) is 0 Å². The number of nitrogens with zero attached hydrogens (tertiary/aromatic N) is 2. The normalized spacial score (nSPS) is 26.9. The third-order valence-electron chi connectivity index (χ3n) is 10.9. The predicted molar refractivity (Wildman–Crippen MR) is 194 cm³/mol. The smallest absolute Gasteiger partial charge is 0.306 e. The summed E-state index contributed by atoms with van der Waals surface area (Å²) in [4.78, 5) is 61.0. The molecule has 0 radical (unpaired) electrons. The number of ketones is 1. The number of aromatic nitrogens is 1. The van der Waals surface area contributed by atoms with Crippen molar-refractivity contribution in [3.05, 3.63) is 72.8 Å². The van der Waals surface area contributed by atoms with Crippen molar-refractivity contribution in [2.24, 2.45) is 17.3 Å². The van der Waals surface area contributed by atoms with Gasteiger partial charge in [0.1, 0.15) is 11.9 Å². The van der Waals surface area contributed by atoms with Gasteiger partial charge in [-0.3, -0.25) is 23.9 Å². The molecular formula is C40H45N3O8S. The summed E-state index contributed by atoms with van der Waals surface area (Å²) in [5.41, 5.74) is 2.24. The van der Waals surface area contributed by atoms with Crippen LogP contribution in [0.5, 0.6) is 5.75 Å². The van der Waals surface area contributed by atoms with Crippen LogP contribution in [0.25, 0.3) is 22.2 Å². The van der Waals surface area contributed by atoms with Crippen LogP contribution in [0, 0.1) is 17.3 Å². The molecule has 2 amide bonds. The number of hydrogen-bond acceptors (Lipinski definition) is 9. The minimum atomic E-state index is -3.83. The van der Waals surface area contributed by atoms with Gasteiger partial charge in [0.05, 0.1) is 47.5 Å². The Balaban J connectivity index is 1.21. The number of carbonyl (C=O) groups is 4. The van der Waals surface area contributed by atoms with Gasteiger partial charge in [-0.25, -0.2) is 13.4 Å². The van der Waals surface area contributed by atoms with E-state index in [1.165, 1.54) is 4.90 Å². The summed E-state index contributed by atoms with van der Waals surface area (Å²) >= 11 is 0. The van der Waals surface area contributed by atoms with Gasteiger partial charge in [0.15, 0.2) is 5.78 Å². The van der Waals surface area contributed by atoms with Crippen LogP contribution in [-0.2, 0) is 40.4 Å². The lowest BCUT2D eigenvalue weighted by Gasteiger charge is -2.27. The number of esters is 1. The predicted octanol–water partition coefficient (Wildman–Crippen LogP) is 5.31. The van der Waals surface area contributed by atoms with Gasteiger partial charge < -0.3 is 14.4 Å². The highest BCUT2D eigenvalue weighted by Gasteiger charge is 2.61. The first-order chi connectivity index (χ1) is 25.0. The largest absolute Gasteiger partial charge is 0.488 e. The number of rotatable bonds is 8. The second kappa shape index (κ2) is 14.4. The molecule has 2 saturated carbocycles. The number of nitrogens with one attached hydrogen (secondary N) is 1. The number of allylic oxidation sites excluding steroid dienone is 1. The Bertz CT molecular complexity index is 2010. The molecule has 1 N–H and O–H groups in total. The molecule has 3 heterocycles. The maximum Gasteiger partial charge on any atom is 0.306 e. The molecule has 0 spiro atoms. The summed E-state index contributed by atoms with van der Waals surface area (Å²) in [6, 6.07) is 16.9. The molecule has 12 heteroatoms. The monoisotopic (exact) mass is 727 g/mol. The van der Waals surface area contributed by atoms with E-state index < -0.39 is 50.6 Å². The first-order valence-corrected chi connectivity index (χ1v) is 19.9. The summed E-state index contributed by atoms with van der Waals surface area (Å²) in [7, 11) is -3.83. The molecule has 3 aromatic rings. The van der Waals surface area contributed by atoms with Gasteiger partial charge in [-0.15, -0.1) is 6.58 Å². The van der Waals surface area contributed by atoms with Crippen molar-refractivity contribution >= 4 is 44.5 Å². The number of ether oxygens (including phenoxy) is 2. The van der Waals surface area contributed by atoms with Crippen LogP contribution < -0.4 is 9.46 Å². The molecule has 52 heavy (non-hydrogen) atoms. The number of aryl methyl sites for hydroxylation is 1. The van der Waals surface area contributed by atoms with Crippen molar-refractivity contribution in [3.63, 3.8) is 0 Å². The Hall–Kier alpha value is -4.58. The maximum absolute atomic E-state index is 14.3. The standard InChI is InChI=1S/C40H45N3O8S/c1-3-28-22-40(28,39(47)42-52(48,49)30-14-15-30)23-35(44)34-20-29-24-43(34)38(46)25(2)18-37(45)50-17-9-5-6-10-26-13-16-32-31(19-26)36(51-29)21-33(41-32)27-11-7-4-8-12-27/h3-4,7-8,11-13,16,19,21,25,28-30,34H,1,5-6,9-10,14-15,17-18,20,22-24H2,2H3,(H,42,47)/t25-,28-,29-,34+,40-/m1/s1. The lowest BCUT2D eigenvalue weighted by Crippen LogP contribution is -2.46. The van der Waals surface area contributed by atoms with Crippen molar-refractivity contribution in [1.82, 2.24) is 14.6 Å². The van der Waals surface area contributed by atoms with Crippen LogP contribution in [0.15, 0.2) is 67.3 Å². The minimum Gasteiger partial charge on any atom is -0.488 e. The first-order valence-electron chi connectivity index (χ1n) is 18.3. The Morgan fingerprint density at radius 3 is 2.60 bits per heavy atom. The number of benzene rings is 2. The van der Waals surface area contributed by atoms with Crippen molar-refractivity contribution in [1.29, 1.82) is 0 Å². The molecule has 1 aromatic heterocycles. The van der Waals surface area contributed by atoms with Gasteiger partial charge in [0, 0.05) is 35.8 Å². The van der Waals surface area contributed by atoms with Crippen molar-refractivity contribution in [2.75, 3.05) is 13.2 Å². The zero-order valence-corrected chi connectivity index (χ0v) is 30.2. The fourth-order valence-corrected chi connectivity index (χ4v) is 9.03. The Morgan fingerprint density at radius 2 is 1.87 bits per heavy atom. The second-order valence-corrected chi connectivity index (χ2v) is 16.8. The van der Waals surface area contributed by atoms with E-state index in [2.05, 4.69) is 23.4 Å². The van der Waals surface area contributed by atoms with Crippen LogP contribution in [0.4, 0.5) is 0 Å². The zero-order valence-electron chi connectivity index (χ0n) is 29.4. The van der Waals surface area contributed by atoms with Gasteiger partial charge in [0.2, 0.25) is 21.8 Å². The van der Waals surface area contributed by atoms with Gasteiger partial charge in [-0.2, -0.15) is 0 Å². The maximum atomic E-state index is 14.3. The van der Waals surface area contributed by atoms with E-state index in [4.69, 9.17) is 14.5 Å². The van der Waals surface area contributed by atoms with E-state index in [0.717, 1.165) is 47.0 Å². The van der Waals surface area contributed by atoms with E-state index in [-0.39, 0.29) is 56.4 Å². The Morgan fingerprint density at radius 1 is 1.08 bits per heavy atom. The molecule has 4 bridgehead atoms. The SMILES string of the molecule is C=C[C@@H]1C[C@]1(CC(=O)[C@@H]1C[C@@H]2CN1C(=O)[C@H](C)CC(=O)OCCCCCc1ccc3nc(-c4ccccc4)cc(c3c1)O2)C(=O)NS(=O)(=O)C1CC1. The average Bonchev–Trinajstić information content (AvgIpc) is 4.06. The van der Waals surface area contributed by atoms with Gasteiger partial charge in [-0.1, -0.05) is 49.4 Å². The molecule has 1 saturated heterocycles. The minimum absolute atomic E-state index is 0.0823. The number of pyridine rings is 1. The topological polar surface area (TPSA) is 149 Å². The fraction of sp³-hybridized carbons (Fsp3) is 0.475.